The maximum absolute atomic E-state index is 4.72. The van der Waals surface area contributed by atoms with Crippen LogP contribution < -0.4 is 0 Å². The number of rotatable bonds is 2. The van der Waals surface area contributed by atoms with Crippen LogP contribution in [0.4, 0.5) is 0 Å². The largest absolute Gasteiger partial charge is 0.270 e. The summed E-state index contributed by atoms with van der Waals surface area (Å²) in [5.74, 6) is 0.663. The zero-order valence-corrected chi connectivity index (χ0v) is 12.7. The van der Waals surface area contributed by atoms with Gasteiger partial charge in [0.2, 0.25) is 0 Å². The average molecular weight is 292 g/mol. The van der Waals surface area contributed by atoms with Gasteiger partial charge in [-0.25, -0.2) is 4.68 Å². The third-order valence-corrected chi connectivity index (χ3v) is 3.97. The van der Waals surface area contributed by atoms with Crippen molar-refractivity contribution in [2.24, 2.45) is 0 Å². The second-order valence-electron chi connectivity index (χ2n) is 5.47. The summed E-state index contributed by atoms with van der Waals surface area (Å²) in [6.07, 6.45) is 1.96. The molecule has 0 fully saturated rings. The number of nitrogens with one attached hydrogen (secondary N) is 1. The Morgan fingerprint density at radius 1 is 1.00 bits per heavy atom. The van der Waals surface area contributed by atoms with Crippen LogP contribution in [0.2, 0.25) is 0 Å². The van der Waals surface area contributed by atoms with Crippen LogP contribution in [0.5, 0.6) is 0 Å². The van der Waals surface area contributed by atoms with Crippen molar-refractivity contribution in [2.75, 3.05) is 0 Å². The first-order valence-electron chi connectivity index (χ1n) is 7.17. The molecule has 3 heterocycles. The second kappa shape index (κ2) is 4.56. The molecule has 0 saturated heterocycles. The molecule has 0 bridgehead atoms. The van der Waals surface area contributed by atoms with E-state index in [1.165, 1.54) is 0 Å². The topological polar surface area (TPSA) is 63.8 Å². The highest BCUT2D eigenvalue weighted by atomic mass is 15.5. The molecule has 0 aliphatic rings. The van der Waals surface area contributed by atoms with Gasteiger partial charge in [-0.05, 0) is 26.3 Å². The summed E-state index contributed by atoms with van der Waals surface area (Å²) >= 11 is 0. The van der Waals surface area contributed by atoms with Crippen molar-refractivity contribution in [1.29, 1.82) is 0 Å². The molecule has 0 spiro atoms. The highest BCUT2D eigenvalue weighted by Crippen LogP contribution is 2.25. The van der Waals surface area contributed by atoms with Crippen molar-refractivity contribution in [1.82, 2.24) is 29.6 Å². The Bertz CT molecular complexity index is 938. The van der Waals surface area contributed by atoms with Gasteiger partial charge < -0.3 is 0 Å². The molecule has 0 saturated carbocycles. The lowest BCUT2D eigenvalue weighted by atomic mass is 10.1. The maximum Gasteiger partial charge on any atom is 0.270 e. The number of aromatic nitrogens is 6. The molecule has 0 aliphatic heterocycles. The normalized spacial score (nSPS) is 11.4. The fourth-order valence-corrected chi connectivity index (χ4v) is 2.59. The highest BCUT2D eigenvalue weighted by molar-refractivity contribution is 5.70. The highest BCUT2D eigenvalue weighted by Gasteiger charge is 2.17. The van der Waals surface area contributed by atoms with Gasteiger partial charge in [0.05, 0.1) is 11.4 Å². The summed E-state index contributed by atoms with van der Waals surface area (Å²) in [7, 11) is 0. The van der Waals surface area contributed by atoms with E-state index in [1.807, 2.05) is 49.7 Å². The molecular weight excluding hydrogens is 276 g/mol. The van der Waals surface area contributed by atoms with Crippen molar-refractivity contribution in [3.05, 3.63) is 53.3 Å². The Morgan fingerprint density at radius 2 is 1.77 bits per heavy atom. The van der Waals surface area contributed by atoms with Gasteiger partial charge in [-0.1, -0.05) is 30.3 Å². The fraction of sp³-hybridized carbons (Fsp3) is 0.188. The molecule has 1 N–H and O–H groups in total. The van der Waals surface area contributed by atoms with Crippen molar-refractivity contribution in [3.63, 3.8) is 0 Å². The summed E-state index contributed by atoms with van der Waals surface area (Å²) in [6, 6.07) is 10.2. The van der Waals surface area contributed by atoms with E-state index in [4.69, 9.17) is 5.10 Å². The standard InChI is InChI=1S/C16H16N6/c1-10-9-21(19-12(10)3)16-18-17-15-11(2)14(20-22(15)16)13-7-5-4-6-8-13/h4-9,17H,1-3H3. The number of H-pyrrole nitrogens is 1. The van der Waals surface area contributed by atoms with Crippen LogP contribution in [-0.2, 0) is 0 Å². The first-order valence-corrected chi connectivity index (χ1v) is 7.17. The Balaban J connectivity index is 1.93. The van der Waals surface area contributed by atoms with Crippen LogP contribution in [0, 0.1) is 20.8 Å². The van der Waals surface area contributed by atoms with Gasteiger partial charge in [-0.3, -0.25) is 5.10 Å². The summed E-state index contributed by atoms with van der Waals surface area (Å²) in [4.78, 5) is 0. The van der Waals surface area contributed by atoms with Crippen molar-refractivity contribution in [3.8, 4) is 17.2 Å². The molecule has 1 aromatic carbocycles. The first-order chi connectivity index (χ1) is 10.6. The molecule has 0 aliphatic carbocycles. The third kappa shape index (κ3) is 1.77. The lowest BCUT2D eigenvalue weighted by molar-refractivity contribution is 0.757. The van der Waals surface area contributed by atoms with Gasteiger partial charge in [-0.2, -0.15) is 14.7 Å². The number of hydrogen-bond donors (Lipinski definition) is 1. The van der Waals surface area contributed by atoms with E-state index in [-0.39, 0.29) is 0 Å². The van der Waals surface area contributed by atoms with E-state index in [9.17, 15) is 0 Å². The summed E-state index contributed by atoms with van der Waals surface area (Å²) in [5, 5.41) is 16.6. The summed E-state index contributed by atoms with van der Waals surface area (Å²) in [5.41, 5.74) is 6.13. The van der Waals surface area contributed by atoms with Gasteiger partial charge >= 0.3 is 0 Å². The molecule has 0 radical (unpaired) electrons. The molecule has 4 aromatic rings. The lowest BCUT2D eigenvalue weighted by Gasteiger charge is -1.97. The number of aryl methyl sites for hydroxylation is 3. The zero-order valence-electron chi connectivity index (χ0n) is 12.7. The third-order valence-electron chi connectivity index (χ3n) is 3.97. The van der Waals surface area contributed by atoms with Crippen molar-refractivity contribution < 1.29 is 0 Å². The van der Waals surface area contributed by atoms with Crippen LogP contribution in [0.15, 0.2) is 36.5 Å². The van der Waals surface area contributed by atoms with Gasteiger partial charge in [0.1, 0.15) is 0 Å². The van der Waals surface area contributed by atoms with E-state index in [0.717, 1.165) is 33.7 Å². The van der Waals surface area contributed by atoms with Crippen LogP contribution in [0.1, 0.15) is 16.8 Å². The molecule has 0 unspecified atom stereocenters. The molecule has 4 rings (SSSR count). The minimum Gasteiger partial charge on any atom is -0.257 e. The number of aromatic amines is 1. The van der Waals surface area contributed by atoms with Gasteiger partial charge in [0.25, 0.3) is 5.95 Å². The van der Waals surface area contributed by atoms with E-state index in [2.05, 4.69) is 27.4 Å². The minimum absolute atomic E-state index is 0.663. The molecule has 110 valence electrons. The predicted octanol–water partition coefficient (Wildman–Crippen LogP) is 2.84. The summed E-state index contributed by atoms with van der Waals surface area (Å²) in [6.45, 7) is 6.07. The predicted molar refractivity (Wildman–Crippen MR) is 84.1 cm³/mol. The van der Waals surface area contributed by atoms with E-state index >= 15 is 0 Å². The minimum atomic E-state index is 0.663. The Kier molecular flexibility index (Phi) is 2.66. The van der Waals surface area contributed by atoms with Crippen LogP contribution in [0.3, 0.4) is 0 Å². The van der Waals surface area contributed by atoms with Gasteiger partial charge in [-0.15, -0.1) is 5.10 Å². The van der Waals surface area contributed by atoms with Gasteiger partial charge in [0.15, 0.2) is 5.65 Å². The van der Waals surface area contributed by atoms with Crippen molar-refractivity contribution >= 4 is 5.65 Å². The quantitative estimate of drug-likeness (QED) is 0.618. The average Bonchev–Trinajstić information content (AvgIpc) is 3.17. The molecule has 0 amide bonds. The smallest absolute Gasteiger partial charge is 0.257 e. The van der Waals surface area contributed by atoms with Crippen LogP contribution in [0.25, 0.3) is 22.9 Å². The van der Waals surface area contributed by atoms with Crippen LogP contribution >= 0.6 is 0 Å². The van der Waals surface area contributed by atoms with Crippen LogP contribution in [-0.4, -0.2) is 29.6 Å². The molecule has 6 nitrogen and oxygen atoms in total. The second-order valence-corrected chi connectivity index (χ2v) is 5.47. The Morgan fingerprint density at radius 3 is 2.45 bits per heavy atom. The Hall–Kier alpha value is -2.89. The Labute approximate surface area is 127 Å². The number of nitrogens with zero attached hydrogens (tertiary/aromatic N) is 5. The number of benzene rings is 1. The fourth-order valence-electron chi connectivity index (χ4n) is 2.59. The maximum atomic E-state index is 4.72. The molecular formula is C16H16N6. The lowest BCUT2D eigenvalue weighted by Crippen LogP contribution is -2.02. The zero-order chi connectivity index (χ0) is 15.3. The van der Waals surface area contributed by atoms with Crippen molar-refractivity contribution in [2.45, 2.75) is 20.8 Å². The van der Waals surface area contributed by atoms with E-state index in [1.54, 1.807) is 4.68 Å². The number of hydrogen-bond acceptors (Lipinski definition) is 3. The molecule has 6 heteroatoms. The monoisotopic (exact) mass is 292 g/mol. The summed E-state index contributed by atoms with van der Waals surface area (Å²) < 4.78 is 3.57. The molecule has 0 atom stereocenters. The first kappa shape index (κ1) is 12.8. The van der Waals surface area contributed by atoms with E-state index < -0.39 is 0 Å². The SMILES string of the molecule is Cc1cn(-c2n[nH]c3c(C)c(-c4ccccc4)nn23)nc1C. The molecule has 3 aromatic heterocycles. The van der Waals surface area contributed by atoms with Gasteiger partial charge in [0, 0.05) is 17.3 Å². The van der Waals surface area contributed by atoms with E-state index in [0.29, 0.717) is 5.95 Å². The molecule has 22 heavy (non-hydrogen) atoms. The number of fused-ring (bicyclic) bond motifs is 1.